The Balaban J connectivity index is 1.62. The van der Waals surface area contributed by atoms with Gasteiger partial charge in [-0.3, -0.25) is 4.90 Å². The molecule has 0 amide bonds. The summed E-state index contributed by atoms with van der Waals surface area (Å²) in [6, 6.07) is 26.0. The van der Waals surface area contributed by atoms with Crippen LogP contribution in [0.1, 0.15) is 11.1 Å². The molecule has 1 unspecified atom stereocenters. The predicted molar refractivity (Wildman–Crippen MR) is 105 cm³/mol. The highest BCUT2D eigenvalue weighted by molar-refractivity contribution is 5.21. The van der Waals surface area contributed by atoms with Crippen molar-refractivity contribution in [2.45, 2.75) is 19.2 Å². The van der Waals surface area contributed by atoms with Crippen LogP contribution in [0.2, 0.25) is 0 Å². The number of aliphatic hydroxyl groups is 1. The average molecular weight is 365 g/mol. The smallest absolute Gasteiger partial charge is 0.123 e. The molecule has 3 aromatic carbocycles. The SMILES string of the molecule is OC(COc1ccccc1)CN(Cc1ccccc1)Cc1ccc(F)cc1. The molecule has 4 heteroatoms. The van der Waals surface area contributed by atoms with E-state index in [9.17, 15) is 9.50 Å². The van der Waals surface area contributed by atoms with Crippen LogP contribution in [0.4, 0.5) is 4.39 Å². The summed E-state index contributed by atoms with van der Waals surface area (Å²) in [5.41, 5.74) is 2.17. The van der Waals surface area contributed by atoms with E-state index in [1.807, 2.05) is 48.5 Å². The fraction of sp³-hybridized carbons (Fsp3) is 0.217. The molecule has 3 aromatic rings. The third kappa shape index (κ3) is 6.51. The van der Waals surface area contributed by atoms with Crippen molar-refractivity contribution < 1.29 is 14.2 Å². The van der Waals surface area contributed by atoms with Gasteiger partial charge in [0.25, 0.3) is 0 Å². The predicted octanol–water partition coefficient (Wildman–Crippen LogP) is 4.27. The zero-order chi connectivity index (χ0) is 18.9. The van der Waals surface area contributed by atoms with Crippen molar-refractivity contribution in [1.82, 2.24) is 4.90 Å². The van der Waals surface area contributed by atoms with Gasteiger partial charge in [0.05, 0.1) is 0 Å². The topological polar surface area (TPSA) is 32.7 Å². The molecular formula is C23H24FNO2. The lowest BCUT2D eigenvalue weighted by Crippen LogP contribution is -2.35. The van der Waals surface area contributed by atoms with Crippen molar-refractivity contribution in [1.29, 1.82) is 0 Å². The Labute approximate surface area is 159 Å². The van der Waals surface area contributed by atoms with Gasteiger partial charge in [0.2, 0.25) is 0 Å². The van der Waals surface area contributed by atoms with Gasteiger partial charge < -0.3 is 9.84 Å². The van der Waals surface area contributed by atoms with Crippen LogP contribution in [0.25, 0.3) is 0 Å². The first-order valence-electron chi connectivity index (χ1n) is 9.06. The third-order valence-corrected chi connectivity index (χ3v) is 4.22. The molecule has 3 rings (SSSR count). The van der Waals surface area contributed by atoms with E-state index in [4.69, 9.17) is 4.74 Å². The molecule has 0 saturated carbocycles. The van der Waals surface area contributed by atoms with Crippen molar-refractivity contribution in [2.75, 3.05) is 13.2 Å². The number of aliphatic hydroxyl groups excluding tert-OH is 1. The highest BCUT2D eigenvalue weighted by Gasteiger charge is 2.14. The summed E-state index contributed by atoms with van der Waals surface area (Å²) in [7, 11) is 0. The summed E-state index contributed by atoms with van der Waals surface area (Å²) in [6.45, 7) is 2.00. The van der Waals surface area contributed by atoms with Gasteiger partial charge in [-0.15, -0.1) is 0 Å². The van der Waals surface area contributed by atoms with E-state index in [2.05, 4.69) is 17.0 Å². The van der Waals surface area contributed by atoms with Crippen LogP contribution in [-0.4, -0.2) is 29.3 Å². The lowest BCUT2D eigenvalue weighted by Gasteiger charge is -2.25. The van der Waals surface area contributed by atoms with Crippen LogP contribution in [0.3, 0.4) is 0 Å². The van der Waals surface area contributed by atoms with Gasteiger partial charge >= 0.3 is 0 Å². The Morgan fingerprint density at radius 3 is 1.96 bits per heavy atom. The number of para-hydroxylation sites is 1. The zero-order valence-electron chi connectivity index (χ0n) is 15.2. The highest BCUT2D eigenvalue weighted by Crippen LogP contribution is 2.13. The lowest BCUT2D eigenvalue weighted by molar-refractivity contribution is 0.0628. The number of nitrogens with zero attached hydrogens (tertiary/aromatic N) is 1. The fourth-order valence-corrected chi connectivity index (χ4v) is 2.93. The normalized spacial score (nSPS) is 12.1. The summed E-state index contributed by atoms with van der Waals surface area (Å²) < 4.78 is 18.8. The Bertz CT molecular complexity index is 794. The fourth-order valence-electron chi connectivity index (χ4n) is 2.93. The van der Waals surface area contributed by atoms with Gasteiger partial charge in [-0.1, -0.05) is 60.7 Å². The number of halogens is 1. The number of ether oxygens (including phenoxy) is 1. The standard InChI is InChI=1S/C23H24FNO2/c24-21-13-11-20(12-14-21)16-25(15-19-7-3-1-4-8-19)17-22(26)18-27-23-9-5-2-6-10-23/h1-14,22,26H,15-18H2. The van der Waals surface area contributed by atoms with Crippen molar-refractivity contribution in [2.24, 2.45) is 0 Å². The van der Waals surface area contributed by atoms with E-state index < -0.39 is 6.10 Å². The molecule has 0 aliphatic carbocycles. The maximum Gasteiger partial charge on any atom is 0.123 e. The molecule has 0 spiro atoms. The summed E-state index contributed by atoms with van der Waals surface area (Å²) >= 11 is 0. The molecule has 27 heavy (non-hydrogen) atoms. The van der Waals surface area contributed by atoms with Gasteiger partial charge in [0.15, 0.2) is 0 Å². The maximum absolute atomic E-state index is 13.2. The molecule has 140 valence electrons. The van der Waals surface area contributed by atoms with E-state index in [0.29, 0.717) is 19.6 Å². The Morgan fingerprint density at radius 2 is 1.33 bits per heavy atom. The quantitative estimate of drug-likeness (QED) is 0.615. The second kappa shape index (κ2) is 9.86. The van der Waals surface area contributed by atoms with Crippen LogP contribution in [0.15, 0.2) is 84.9 Å². The van der Waals surface area contributed by atoms with Crippen LogP contribution in [0.5, 0.6) is 5.75 Å². The number of rotatable bonds is 9. The summed E-state index contributed by atoms with van der Waals surface area (Å²) in [4.78, 5) is 2.14. The summed E-state index contributed by atoms with van der Waals surface area (Å²) in [6.07, 6.45) is -0.630. The molecular weight excluding hydrogens is 341 g/mol. The molecule has 0 saturated heterocycles. The van der Waals surface area contributed by atoms with Gasteiger partial charge in [0.1, 0.15) is 24.3 Å². The van der Waals surface area contributed by atoms with E-state index in [-0.39, 0.29) is 12.4 Å². The second-order valence-corrected chi connectivity index (χ2v) is 6.56. The molecule has 0 heterocycles. The number of benzene rings is 3. The molecule has 0 aliphatic heterocycles. The molecule has 1 N–H and O–H groups in total. The molecule has 0 aromatic heterocycles. The number of hydrogen-bond acceptors (Lipinski definition) is 3. The van der Waals surface area contributed by atoms with Crippen LogP contribution >= 0.6 is 0 Å². The van der Waals surface area contributed by atoms with E-state index in [0.717, 1.165) is 16.9 Å². The minimum Gasteiger partial charge on any atom is -0.491 e. The van der Waals surface area contributed by atoms with E-state index in [1.165, 1.54) is 12.1 Å². The lowest BCUT2D eigenvalue weighted by atomic mass is 10.1. The van der Waals surface area contributed by atoms with E-state index >= 15 is 0 Å². The zero-order valence-corrected chi connectivity index (χ0v) is 15.2. The largest absolute Gasteiger partial charge is 0.491 e. The summed E-state index contributed by atoms with van der Waals surface area (Å²) in [5.74, 6) is 0.495. The first kappa shape index (κ1) is 19.1. The van der Waals surface area contributed by atoms with Gasteiger partial charge in [-0.05, 0) is 35.4 Å². The molecule has 0 radical (unpaired) electrons. The second-order valence-electron chi connectivity index (χ2n) is 6.56. The van der Waals surface area contributed by atoms with Crippen LogP contribution in [0, 0.1) is 5.82 Å². The Hall–Kier alpha value is -2.69. The molecule has 0 aliphatic rings. The first-order valence-corrected chi connectivity index (χ1v) is 9.06. The number of hydrogen-bond donors (Lipinski definition) is 1. The van der Waals surface area contributed by atoms with Crippen molar-refractivity contribution in [3.05, 3.63) is 102 Å². The van der Waals surface area contributed by atoms with Crippen LogP contribution < -0.4 is 4.74 Å². The van der Waals surface area contributed by atoms with Crippen molar-refractivity contribution in [3.63, 3.8) is 0 Å². The average Bonchev–Trinajstić information content (AvgIpc) is 2.70. The van der Waals surface area contributed by atoms with Crippen molar-refractivity contribution in [3.8, 4) is 5.75 Å². The van der Waals surface area contributed by atoms with E-state index in [1.54, 1.807) is 12.1 Å². The van der Waals surface area contributed by atoms with Gasteiger partial charge in [0, 0.05) is 19.6 Å². The van der Waals surface area contributed by atoms with Crippen LogP contribution in [-0.2, 0) is 13.1 Å². The molecule has 1 atom stereocenters. The monoisotopic (exact) mass is 365 g/mol. The molecule has 0 bridgehead atoms. The summed E-state index contributed by atoms with van der Waals surface area (Å²) in [5, 5.41) is 10.5. The minimum atomic E-state index is -0.630. The van der Waals surface area contributed by atoms with Gasteiger partial charge in [-0.25, -0.2) is 4.39 Å². The first-order chi connectivity index (χ1) is 13.2. The van der Waals surface area contributed by atoms with Gasteiger partial charge in [-0.2, -0.15) is 0 Å². The Morgan fingerprint density at radius 1 is 0.778 bits per heavy atom. The Kier molecular flexibility index (Phi) is 6.97. The van der Waals surface area contributed by atoms with Crippen molar-refractivity contribution >= 4 is 0 Å². The third-order valence-electron chi connectivity index (χ3n) is 4.22. The minimum absolute atomic E-state index is 0.221. The highest BCUT2D eigenvalue weighted by atomic mass is 19.1. The molecule has 3 nitrogen and oxygen atoms in total. The molecule has 0 fully saturated rings. The maximum atomic E-state index is 13.2.